The summed E-state index contributed by atoms with van der Waals surface area (Å²) < 4.78 is 0. The molecule has 1 saturated heterocycles. The number of hydrogen-bond donors (Lipinski definition) is 2. The number of thiazole rings is 1. The van der Waals surface area contributed by atoms with Crippen LogP contribution in [0.5, 0.6) is 0 Å². The zero-order valence-corrected chi connectivity index (χ0v) is 16.5. The largest absolute Gasteiger partial charge is 0.357 e. The quantitative estimate of drug-likeness (QED) is 0.582. The molecule has 1 fully saturated rings. The molecule has 1 aromatic rings. The van der Waals surface area contributed by atoms with Gasteiger partial charge in [0.05, 0.1) is 13.1 Å². The molecule has 0 bridgehead atoms. The standard InChI is InChI=1S/C17H30N6OS/c1-5-18-17(20-11-16-19-10-14(4)25-16)23-8-6-22(7-9-23)12-15(24)21-13(2)3/h10,13H,5-9,11-12H2,1-4H3,(H,18,20)(H,21,24). The van der Waals surface area contributed by atoms with Crippen molar-refractivity contribution in [3.63, 3.8) is 0 Å². The molecule has 140 valence electrons. The number of carbonyl (C=O) groups excluding carboxylic acids is 1. The van der Waals surface area contributed by atoms with Gasteiger partial charge in [0.25, 0.3) is 0 Å². The SMILES string of the molecule is CCNC(=NCc1ncc(C)s1)N1CCN(CC(=O)NC(C)C)CC1. The Balaban J connectivity index is 1.85. The molecule has 0 unspecified atom stereocenters. The van der Waals surface area contributed by atoms with Gasteiger partial charge in [0.1, 0.15) is 5.01 Å². The van der Waals surface area contributed by atoms with E-state index < -0.39 is 0 Å². The highest BCUT2D eigenvalue weighted by Gasteiger charge is 2.21. The molecule has 1 aliphatic rings. The Bertz CT molecular complexity index is 577. The van der Waals surface area contributed by atoms with Crippen LogP contribution in [-0.2, 0) is 11.3 Å². The summed E-state index contributed by atoms with van der Waals surface area (Å²) in [6, 6.07) is 0.191. The van der Waals surface area contributed by atoms with E-state index in [1.54, 1.807) is 11.3 Å². The Morgan fingerprint density at radius 1 is 1.36 bits per heavy atom. The molecule has 1 aliphatic heterocycles. The predicted octanol–water partition coefficient (Wildman–Crippen LogP) is 1.06. The molecule has 0 aliphatic carbocycles. The number of piperazine rings is 1. The van der Waals surface area contributed by atoms with Crippen LogP contribution in [0.4, 0.5) is 0 Å². The second-order valence-electron chi connectivity index (χ2n) is 6.52. The van der Waals surface area contributed by atoms with Crippen molar-refractivity contribution in [2.24, 2.45) is 4.99 Å². The topological polar surface area (TPSA) is 72.9 Å². The van der Waals surface area contributed by atoms with Crippen LogP contribution in [0.25, 0.3) is 0 Å². The van der Waals surface area contributed by atoms with E-state index in [1.165, 1.54) is 4.88 Å². The molecule has 0 aromatic carbocycles. The molecule has 0 radical (unpaired) electrons. The van der Waals surface area contributed by atoms with Gasteiger partial charge in [-0.25, -0.2) is 9.98 Å². The van der Waals surface area contributed by atoms with Gasteiger partial charge < -0.3 is 15.5 Å². The van der Waals surface area contributed by atoms with Crippen molar-refractivity contribution in [1.82, 2.24) is 25.4 Å². The maximum absolute atomic E-state index is 11.9. The first-order valence-corrected chi connectivity index (χ1v) is 9.76. The molecule has 0 saturated carbocycles. The van der Waals surface area contributed by atoms with Gasteiger partial charge in [-0.05, 0) is 27.7 Å². The van der Waals surface area contributed by atoms with Gasteiger partial charge in [0.15, 0.2) is 5.96 Å². The molecule has 0 spiro atoms. The number of amides is 1. The smallest absolute Gasteiger partial charge is 0.234 e. The third-order valence-electron chi connectivity index (χ3n) is 3.86. The predicted molar refractivity (Wildman–Crippen MR) is 103 cm³/mol. The minimum absolute atomic E-state index is 0.100. The highest BCUT2D eigenvalue weighted by atomic mass is 32.1. The number of rotatable bonds is 6. The third-order valence-corrected chi connectivity index (χ3v) is 4.75. The number of guanidine groups is 1. The van der Waals surface area contributed by atoms with Crippen LogP contribution in [-0.4, -0.2) is 72.0 Å². The van der Waals surface area contributed by atoms with E-state index in [0.717, 1.165) is 43.7 Å². The molecular weight excluding hydrogens is 336 g/mol. The van der Waals surface area contributed by atoms with Crippen molar-refractivity contribution in [1.29, 1.82) is 0 Å². The number of aryl methyl sites for hydroxylation is 1. The fourth-order valence-corrected chi connectivity index (χ4v) is 3.44. The van der Waals surface area contributed by atoms with Crippen LogP contribution in [0.3, 0.4) is 0 Å². The second kappa shape index (κ2) is 9.72. The summed E-state index contributed by atoms with van der Waals surface area (Å²) in [5, 5.41) is 7.35. The summed E-state index contributed by atoms with van der Waals surface area (Å²) in [6.07, 6.45) is 1.89. The summed E-state index contributed by atoms with van der Waals surface area (Å²) in [6.45, 7) is 13.5. The van der Waals surface area contributed by atoms with Crippen molar-refractivity contribution in [3.8, 4) is 0 Å². The van der Waals surface area contributed by atoms with Crippen LogP contribution in [0.2, 0.25) is 0 Å². The van der Waals surface area contributed by atoms with Crippen LogP contribution in [0, 0.1) is 6.92 Å². The third kappa shape index (κ3) is 6.62. The maximum atomic E-state index is 11.9. The Kier molecular flexibility index (Phi) is 7.64. The van der Waals surface area contributed by atoms with Gasteiger partial charge in [-0.2, -0.15) is 0 Å². The first kappa shape index (κ1) is 19.7. The summed E-state index contributed by atoms with van der Waals surface area (Å²) in [5.41, 5.74) is 0. The van der Waals surface area contributed by atoms with Gasteiger partial charge in [0, 0.05) is 49.8 Å². The molecule has 1 amide bonds. The van der Waals surface area contributed by atoms with Crippen LogP contribution in [0.1, 0.15) is 30.7 Å². The molecule has 2 heterocycles. The molecular formula is C17H30N6OS. The Hall–Kier alpha value is -1.67. The zero-order chi connectivity index (χ0) is 18.2. The van der Waals surface area contributed by atoms with E-state index in [0.29, 0.717) is 13.1 Å². The van der Waals surface area contributed by atoms with Gasteiger partial charge >= 0.3 is 0 Å². The lowest BCUT2D eigenvalue weighted by molar-refractivity contribution is -0.123. The number of nitrogens with zero attached hydrogens (tertiary/aromatic N) is 4. The summed E-state index contributed by atoms with van der Waals surface area (Å²) in [4.78, 5) is 26.7. The van der Waals surface area contributed by atoms with E-state index in [-0.39, 0.29) is 11.9 Å². The van der Waals surface area contributed by atoms with Gasteiger partial charge in [-0.15, -0.1) is 11.3 Å². The first-order valence-electron chi connectivity index (χ1n) is 8.94. The summed E-state index contributed by atoms with van der Waals surface area (Å²) >= 11 is 1.69. The average Bonchev–Trinajstić information content (AvgIpc) is 2.97. The van der Waals surface area contributed by atoms with E-state index in [2.05, 4.69) is 39.3 Å². The number of nitrogens with one attached hydrogen (secondary N) is 2. The number of carbonyl (C=O) groups is 1. The fourth-order valence-electron chi connectivity index (χ4n) is 2.73. The lowest BCUT2D eigenvalue weighted by Gasteiger charge is -2.36. The monoisotopic (exact) mass is 366 g/mol. The molecule has 0 atom stereocenters. The van der Waals surface area contributed by atoms with Crippen LogP contribution < -0.4 is 10.6 Å². The molecule has 8 heteroatoms. The van der Waals surface area contributed by atoms with E-state index in [1.807, 2.05) is 20.0 Å². The van der Waals surface area contributed by atoms with E-state index in [9.17, 15) is 4.79 Å². The Morgan fingerprint density at radius 3 is 2.64 bits per heavy atom. The van der Waals surface area contributed by atoms with Crippen molar-refractivity contribution in [3.05, 3.63) is 16.1 Å². The number of hydrogen-bond acceptors (Lipinski definition) is 5. The maximum Gasteiger partial charge on any atom is 0.234 e. The fraction of sp³-hybridized carbons (Fsp3) is 0.706. The number of aliphatic imine (C=N–C) groups is 1. The normalized spacial score (nSPS) is 16.4. The van der Waals surface area contributed by atoms with E-state index in [4.69, 9.17) is 4.99 Å². The molecule has 2 rings (SSSR count). The molecule has 7 nitrogen and oxygen atoms in total. The Labute approximate surface area is 154 Å². The highest BCUT2D eigenvalue weighted by molar-refractivity contribution is 7.11. The highest BCUT2D eigenvalue weighted by Crippen LogP contribution is 2.12. The van der Waals surface area contributed by atoms with Gasteiger partial charge in [-0.1, -0.05) is 0 Å². The van der Waals surface area contributed by atoms with Crippen LogP contribution >= 0.6 is 11.3 Å². The van der Waals surface area contributed by atoms with Crippen LogP contribution in [0.15, 0.2) is 11.2 Å². The lowest BCUT2D eigenvalue weighted by atomic mass is 10.3. The Morgan fingerprint density at radius 2 is 2.08 bits per heavy atom. The molecule has 2 N–H and O–H groups in total. The minimum Gasteiger partial charge on any atom is -0.357 e. The van der Waals surface area contributed by atoms with Crippen molar-refractivity contribution >= 4 is 23.2 Å². The first-order chi connectivity index (χ1) is 12.0. The van der Waals surface area contributed by atoms with Crippen molar-refractivity contribution in [2.75, 3.05) is 39.3 Å². The summed E-state index contributed by atoms with van der Waals surface area (Å²) in [7, 11) is 0. The zero-order valence-electron chi connectivity index (χ0n) is 15.7. The molecule has 25 heavy (non-hydrogen) atoms. The number of aromatic nitrogens is 1. The van der Waals surface area contributed by atoms with E-state index >= 15 is 0 Å². The lowest BCUT2D eigenvalue weighted by Crippen LogP contribution is -2.54. The van der Waals surface area contributed by atoms with Gasteiger partial charge in [-0.3, -0.25) is 9.69 Å². The van der Waals surface area contributed by atoms with Crippen molar-refractivity contribution < 1.29 is 4.79 Å². The summed E-state index contributed by atoms with van der Waals surface area (Å²) in [5.74, 6) is 1.03. The average molecular weight is 367 g/mol. The second-order valence-corrected chi connectivity index (χ2v) is 7.84. The minimum atomic E-state index is 0.100. The molecule has 1 aromatic heterocycles. The van der Waals surface area contributed by atoms with Gasteiger partial charge in [0.2, 0.25) is 5.91 Å². The van der Waals surface area contributed by atoms with Crippen molar-refractivity contribution in [2.45, 2.75) is 40.3 Å².